The van der Waals surface area contributed by atoms with E-state index in [9.17, 15) is 18.0 Å². The highest BCUT2D eigenvalue weighted by molar-refractivity contribution is 7.17. The Morgan fingerprint density at radius 1 is 1.09 bits per heavy atom. The summed E-state index contributed by atoms with van der Waals surface area (Å²) in [5.74, 6) is 0.826. The first-order valence-electron chi connectivity index (χ1n) is 11.2. The van der Waals surface area contributed by atoms with Crippen LogP contribution in [0, 0.1) is 0 Å². The molecule has 2 aliphatic heterocycles. The summed E-state index contributed by atoms with van der Waals surface area (Å²) in [7, 11) is 4.18. The lowest BCUT2D eigenvalue weighted by molar-refractivity contribution is -0.137. The molecule has 0 radical (unpaired) electrons. The van der Waals surface area contributed by atoms with Gasteiger partial charge in [-0.2, -0.15) is 13.2 Å². The minimum absolute atomic E-state index is 0. The van der Waals surface area contributed by atoms with E-state index in [0.29, 0.717) is 29.4 Å². The molecule has 1 aromatic carbocycles. The molecule has 2 aliphatic rings. The van der Waals surface area contributed by atoms with Crippen LogP contribution in [-0.2, 0) is 12.6 Å². The fourth-order valence-electron chi connectivity index (χ4n) is 4.56. The van der Waals surface area contributed by atoms with Gasteiger partial charge in [0.2, 0.25) is 0 Å². The smallest absolute Gasteiger partial charge is 0.355 e. The molecule has 1 saturated heterocycles. The van der Waals surface area contributed by atoms with Crippen LogP contribution < -0.4 is 9.80 Å². The number of hydrogen-bond donors (Lipinski definition) is 0. The van der Waals surface area contributed by atoms with E-state index in [0.717, 1.165) is 53.6 Å². The second-order valence-electron chi connectivity index (χ2n) is 8.97. The molecule has 10 heteroatoms. The summed E-state index contributed by atoms with van der Waals surface area (Å²) < 4.78 is 38.6. The molecule has 186 valence electrons. The Balaban J connectivity index is 0.00000289. The van der Waals surface area contributed by atoms with Gasteiger partial charge in [0.25, 0.3) is 5.91 Å². The van der Waals surface area contributed by atoms with E-state index >= 15 is 0 Å². The topological polar surface area (TPSA) is 39.7 Å². The lowest BCUT2D eigenvalue weighted by Gasteiger charge is -2.27. The molecule has 1 unspecified atom stereocenters. The van der Waals surface area contributed by atoms with Gasteiger partial charge in [0, 0.05) is 30.6 Å². The van der Waals surface area contributed by atoms with Gasteiger partial charge >= 0.3 is 6.18 Å². The van der Waals surface area contributed by atoms with E-state index in [1.807, 2.05) is 18.2 Å². The molecule has 5 rings (SSSR count). The predicted molar refractivity (Wildman–Crippen MR) is 136 cm³/mol. The SMILES string of the molecule is CN(C)C1CCN(c2ccc(N3CCc4cc(-c5ccc(C(F)(F)F)cc5)sc4C3=O)cn2)C1.Cl. The molecule has 0 saturated carbocycles. The number of aromatic nitrogens is 1. The molecular weight excluding hydrogens is 497 g/mol. The van der Waals surface area contributed by atoms with Crippen molar-refractivity contribution in [3.05, 3.63) is 64.7 Å². The second kappa shape index (κ2) is 9.79. The van der Waals surface area contributed by atoms with Gasteiger partial charge in [-0.15, -0.1) is 23.7 Å². The van der Waals surface area contributed by atoms with E-state index in [-0.39, 0.29) is 18.3 Å². The maximum Gasteiger partial charge on any atom is 0.416 e. The molecule has 35 heavy (non-hydrogen) atoms. The van der Waals surface area contributed by atoms with Gasteiger partial charge < -0.3 is 14.7 Å². The van der Waals surface area contributed by atoms with Gasteiger partial charge in [-0.05, 0) is 68.4 Å². The second-order valence-corrected chi connectivity index (χ2v) is 10.0. The zero-order chi connectivity index (χ0) is 24.0. The predicted octanol–water partition coefficient (Wildman–Crippen LogP) is 5.59. The Labute approximate surface area is 212 Å². The third-order valence-electron chi connectivity index (χ3n) is 6.61. The van der Waals surface area contributed by atoms with Crippen molar-refractivity contribution in [3.8, 4) is 10.4 Å². The van der Waals surface area contributed by atoms with Crippen molar-refractivity contribution in [2.45, 2.75) is 25.1 Å². The summed E-state index contributed by atoms with van der Waals surface area (Å²) in [4.78, 5) is 25.5. The van der Waals surface area contributed by atoms with Crippen LogP contribution in [0.5, 0.6) is 0 Å². The average Bonchev–Trinajstić information content (AvgIpc) is 3.47. The minimum atomic E-state index is -4.36. The lowest BCUT2D eigenvalue weighted by Crippen LogP contribution is -2.36. The summed E-state index contributed by atoms with van der Waals surface area (Å²) in [6.45, 7) is 2.44. The number of likely N-dealkylation sites (N-methyl/N-ethyl adjacent to an activating group) is 1. The van der Waals surface area contributed by atoms with Crippen LogP contribution in [-0.4, -0.2) is 55.6 Å². The van der Waals surface area contributed by atoms with Crippen molar-refractivity contribution in [1.82, 2.24) is 9.88 Å². The Bertz CT molecular complexity index is 1190. The van der Waals surface area contributed by atoms with Crippen molar-refractivity contribution >= 4 is 41.2 Å². The first kappa shape index (κ1) is 25.5. The number of thiophene rings is 1. The molecule has 3 aromatic rings. The number of halogens is 4. The molecule has 0 spiro atoms. The zero-order valence-corrected chi connectivity index (χ0v) is 21.0. The molecule has 1 atom stereocenters. The van der Waals surface area contributed by atoms with Crippen LogP contribution in [0.3, 0.4) is 0 Å². The number of anilines is 2. The van der Waals surface area contributed by atoms with Crippen molar-refractivity contribution in [3.63, 3.8) is 0 Å². The number of benzene rings is 1. The molecule has 0 bridgehead atoms. The number of nitrogens with zero attached hydrogens (tertiary/aromatic N) is 4. The number of hydrogen-bond acceptors (Lipinski definition) is 5. The van der Waals surface area contributed by atoms with Crippen LogP contribution in [0.4, 0.5) is 24.7 Å². The van der Waals surface area contributed by atoms with Crippen LogP contribution in [0.1, 0.15) is 27.2 Å². The Morgan fingerprint density at radius 3 is 2.43 bits per heavy atom. The number of alkyl halides is 3. The van der Waals surface area contributed by atoms with Crippen molar-refractivity contribution in [2.75, 3.05) is 43.5 Å². The Kier molecular flexibility index (Phi) is 7.13. The van der Waals surface area contributed by atoms with E-state index in [1.165, 1.54) is 23.5 Å². The van der Waals surface area contributed by atoms with E-state index in [2.05, 4.69) is 28.9 Å². The highest BCUT2D eigenvalue weighted by Crippen LogP contribution is 2.37. The summed E-state index contributed by atoms with van der Waals surface area (Å²) in [5.41, 5.74) is 1.70. The van der Waals surface area contributed by atoms with Crippen LogP contribution in [0.2, 0.25) is 0 Å². The summed E-state index contributed by atoms with van der Waals surface area (Å²) in [6.07, 6.45) is -0.818. The number of amides is 1. The van der Waals surface area contributed by atoms with Gasteiger partial charge in [0.15, 0.2) is 0 Å². The third-order valence-corrected chi connectivity index (χ3v) is 7.83. The number of pyridine rings is 1. The first-order valence-corrected chi connectivity index (χ1v) is 12.0. The highest BCUT2D eigenvalue weighted by Gasteiger charge is 2.31. The third kappa shape index (κ3) is 5.03. The van der Waals surface area contributed by atoms with Crippen LogP contribution in [0.15, 0.2) is 48.7 Å². The number of carbonyl (C=O) groups is 1. The Morgan fingerprint density at radius 2 is 1.83 bits per heavy atom. The van der Waals surface area contributed by atoms with Gasteiger partial charge in [0.05, 0.1) is 22.3 Å². The maximum absolute atomic E-state index is 13.3. The van der Waals surface area contributed by atoms with E-state index < -0.39 is 11.7 Å². The molecule has 5 nitrogen and oxygen atoms in total. The van der Waals surface area contributed by atoms with E-state index in [1.54, 1.807) is 11.1 Å². The molecule has 0 N–H and O–H groups in total. The molecule has 1 amide bonds. The average molecular weight is 523 g/mol. The fraction of sp³-hybridized carbons (Fsp3) is 0.360. The quantitative estimate of drug-likeness (QED) is 0.447. The van der Waals surface area contributed by atoms with Gasteiger partial charge in [0.1, 0.15) is 5.82 Å². The fourth-order valence-corrected chi connectivity index (χ4v) is 5.72. The molecule has 2 aromatic heterocycles. The highest BCUT2D eigenvalue weighted by atomic mass is 35.5. The molecule has 1 fully saturated rings. The normalized spacial score (nSPS) is 18.1. The molecule has 0 aliphatic carbocycles. The van der Waals surface area contributed by atoms with Crippen molar-refractivity contribution < 1.29 is 18.0 Å². The van der Waals surface area contributed by atoms with Gasteiger partial charge in [-0.3, -0.25) is 4.79 Å². The largest absolute Gasteiger partial charge is 0.416 e. The van der Waals surface area contributed by atoms with Crippen molar-refractivity contribution in [2.24, 2.45) is 0 Å². The van der Waals surface area contributed by atoms with Crippen LogP contribution in [0.25, 0.3) is 10.4 Å². The standard InChI is InChI=1S/C25H25F3N4OS.ClH/c1-30(2)20-10-11-31(15-20)22-8-7-19(14-29-22)32-12-9-17-13-21(34-23(17)24(32)33)16-3-5-18(6-4-16)25(26,27)28;/h3-8,13-14,20H,9-12,15H2,1-2H3;1H. The number of rotatable bonds is 4. The lowest BCUT2D eigenvalue weighted by atomic mass is 10.0. The van der Waals surface area contributed by atoms with Gasteiger partial charge in [-0.1, -0.05) is 12.1 Å². The zero-order valence-electron chi connectivity index (χ0n) is 19.4. The van der Waals surface area contributed by atoms with Crippen LogP contribution >= 0.6 is 23.7 Å². The molecule has 4 heterocycles. The Hall–Kier alpha value is -2.62. The van der Waals surface area contributed by atoms with Gasteiger partial charge in [-0.25, -0.2) is 4.98 Å². The minimum Gasteiger partial charge on any atom is -0.355 e. The number of carbonyl (C=O) groups excluding carboxylic acids is 1. The summed E-state index contributed by atoms with van der Waals surface area (Å²) in [5, 5.41) is 0. The monoisotopic (exact) mass is 522 g/mol. The van der Waals surface area contributed by atoms with Crippen molar-refractivity contribution in [1.29, 1.82) is 0 Å². The molecular formula is C25H26ClF3N4OS. The summed E-state index contributed by atoms with van der Waals surface area (Å²) in [6, 6.07) is 11.4. The van der Waals surface area contributed by atoms with E-state index in [4.69, 9.17) is 0 Å². The number of fused-ring (bicyclic) bond motifs is 1. The first-order chi connectivity index (χ1) is 16.2. The maximum atomic E-state index is 13.3. The summed E-state index contributed by atoms with van der Waals surface area (Å²) >= 11 is 1.33.